The van der Waals surface area contributed by atoms with E-state index in [0.717, 1.165) is 57.4 Å². The normalized spacial score (nSPS) is 24.6. The van der Waals surface area contributed by atoms with E-state index in [9.17, 15) is 10.4 Å². The van der Waals surface area contributed by atoms with E-state index in [-0.39, 0.29) is 4.65 Å². The highest BCUT2D eigenvalue weighted by Gasteiger charge is 2.33. The van der Waals surface area contributed by atoms with Crippen molar-refractivity contribution in [1.82, 2.24) is 14.9 Å². The van der Waals surface area contributed by atoms with Crippen molar-refractivity contribution in [3.8, 4) is 0 Å². The van der Waals surface area contributed by atoms with Gasteiger partial charge >= 0.3 is 0 Å². The number of rotatable bonds is 11. The number of likely N-dealkylation sites (tertiary alicyclic amines) is 3. The molecule has 0 aromatic carbocycles. The van der Waals surface area contributed by atoms with Gasteiger partial charge in [0.15, 0.2) is 0 Å². The first kappa shape index (κ1) is 38.9. The molecule has 3 N–H and O–H groups in total. The highest BCUT2D eigenvalue weighted by molar-refractivity contribution is 5.10. The van der Waals surface area contributed by atoms with Gasteiger partial charge in [-0.25, -0.2) is 5.21 Å². The van der Waals surface area contributed by atoms with Gasteiger partial charge in [-0.05, 0) is 82.1 Å². The van der Waals surface area contributed by atoms with Gasteiger partial charge in [0.25, 0.3) is 0 Å². The largest absolute Gasteiger partial charge is 0.335 e. The number of pyridine rings is 3. The zero-order chi connectivity index (χ0) is 34.7. The van der Waals surface area contributed by atoms with Gasteiger partial charge < -0.3 is 9.80 Å². The minimum Gasteiger partial charge on any atom is -0.335 e. The molecule has 3 aromatic heterocycles. The maximum atomic E-state index is 10.3. The fourth-order valence-electron chi connectivity index (χ4n) is 7.82. The van der Waals surface area contributed by atoms with Crippen LogP contribution in [0.5, 0.6) is 0 Å². The van der Waals surface area contributed by atoms with Gasteiger partial charge in [0.1, 0.15) is 19.6 Å². The number of nitrogens with one attached hydrogen (secondary N) is 1. The van der Waals surface area contributed by atoms with Crippen LogP contribution in [0.2, 0.25) is 0 Å². The lowest BCUT2D eigenvalue weighted by molar-refractivity contribution is -1.10. The lowest BCUT2D eigenvalue weighted by Gasteiger charge is -2.36. The summed E-state index contributed by atoms with van der Waals surface area (Å²) in [5.41, 5.74) is 3.55. The molecule has 0 amide bonds. The molecule has 0 saturated carbocycles. The standard InChI is InChI=1S/C14H23N2O.C14H22N2.C13H21N2O/c1-2-3-9-15-11-7-13(8-12-15)14-6-4-5-10-16(14)17;1-2-3-10-16-11-7-13(8-12-16)14-6-4-5-9-15-14;1-2-9-15(16)10-6-12(7-11-15)13-5-3-4-8-14-13/h4-6,10,13,17H,2-3,7-9,11-12H2,1H3;4-6,9,13H,2-3,7-8,10-12H2,1H3;3-5,8,12,16H,2,6-7,9-11H2,1H3/q+1;;+1/p+1. The molecule has 0 aliphatic carbocycles. The molecule has 3 saturated heterocycles. The molecule has 3 fully saturated rings. The van der Waals surface area contributed by atoms with E-state index >= 15 is 0 Å². The summed E-state index contributed by atoms with van der Waals surface area (Å²) in [6, 6.07) is 18.3. The quantitative estimate of drug-likeness (QED) is 0.124. The van der Waals surface area contributed by atoms with Crippen molar-refractivity contribution in [3.05, 3.63) is 90.3 Å². The third-order valence-electron chi connectivity index (χ3n) is 10.9. The Balaban J connectivity index is 0.000000166. The molecule has 8 nitrogen and oxygen atoms in total. The van der Waals surface area contributed by atoms with Crippen LogP contribution >= 0.6 is 0 Å². The number of hydrogen-bond acceptors (Lipinski definition) is 5. The van der Waals surface area contributed by atoms with Gasteiger partial charge in [-0.1, -0.05) is 45.7 Å². The van der Waals surface area contributed by atoms with E-state index in [1.165, 1.54) is 93.9 Å². The van der Waals surface area contributed by atoms with Crippen molar-refractivity contribution in [3.63, 3.8) is 0 Å². The molecular formula is C41H67N6O2+3. The van der Waals surface area contributed by atoms with Gasteiger partial charge in [-0.15, -0.1) is 0 Å². The summed E-state index contributed by atoms with van der Waals surface area (Å²) in [5.74, 6) is 1.77. The summed E-state index contributed by atoms with van der Waals surface area (Å²) in [5, 5.41) is 20.0. The number of piperidine rings is 3. The highest BCUT2D eigenvalue weighted by atomic mass is 16.5. The predicted molar refractivity (Wildman–Crippen MR) is 197 cm³/mol. The van der Waals surface area contributed by atoms with E-state index < -0.39 is 0 Å². The molecule has 3 aromatic rings. The fraction of sp³-hybridized carbons (Fsp3) is 0.634. The van der Waals surface area contributed by atoms with Crippen LogP contribution in [0.3, 0.4) is 0 Å². The van der Waals surface area contributed by atoms with Crippen LogP contribution in [0, 0.1) is 0 Å². The Kier molecular flexibility index (Phi) is 16.9. The van der Waals surface area contributed by atoms with Crippen molar-refractivity contribution in [2.24, 2.45) is 0 Å². The van der Waals surface area contributed by atoms with Gasteiger partial charge in [0, 0.05) is 78.2 Å². The van der Waals surface area contributed by atoms with Crippen LogP contribution in [-0.4, -0.2) is 88.8 Å². The number of hydrogen-bond donors (Lipinski definition) is 3. The number of unbranched alkanes of at least 4 members (excludes halogenated alkanes) is 2. The van der Waals surface area contributed by atoms with E-state index in [4.69, 9.17) is 0 Å². The van der Waals surface area contributed by atoms with Gasteiger partial charge in [-0.3, -0.25) is 15.2 Å². The van der Waals surface area contributed by atoms with Gasteiger partial charge in [0.05, 0.1) is 25.6 Å². The van der Waals surface area contributed by atoms with Crippen LogP contribution in [0.25, 0.3) is 0 Å². The minimum absolute atomic E-state index is 0.264. The predicted octanol–water partition coefficient (Wildman–Crippen LogP) is 6.41. The van der Waals surface area contributed by atoms with Crippen molar-refractivity contribution >= 4 is 0 Å². The average Bonchev–Trinajstić information content (AvgIpc) is 3.15. The Labute approximate surface area is 297 Å². The van der Waals surface area contributed by atoms with E-state index in [1.807, 2.05) is 48.8 Å². The Morgan fingerprint density at radius 1 is 0.735 bits per heavy atom. The Bertz CT molecular complexity index is 1270. The molecule has 0 atom stereocenters. The molecule has 3 aliphatic heterocycles. The van der Waals surface area contributed by atoms with Crippen molar-refractivity contribution < 1.29 is 24.7 Å². The van der Waals surface area contributed by atoms with Crippen LogP contribution in [-0.2, 0) is 0 Å². The first-order valence-corrected chi connectivity index (χ1v) is 19.6. The van der Waals surface area contributed by atoms with Crippen molar-refractivity contribution in [2.75, 3.05) is 58.9 Å². The molecule has 6 heterocycles. The number of hydroxylamine groups is 3. The first-order chi connectivity index (χ1) is 23.9. The maximum Gasteiger partial charge on any atom is 0.237 e. The van der Waals surface area contributed by atoms with E-state index in [2.05, 4.69) is 53.8 Å². The maximum absolute atomic E-state index is 10.3. The minimum atomic E-state index is 0.264. The third-order valence-corrected chi connectivity index (χ3v) is 10.9. The molecule has 0 spiro atoms. The van der Waals surface area contributed by atoms with Crippen molar-refractivity contribution in [1.29, 1.82) is 0 Å². The average molecular weight is 676 g/mol. The SMILES string of the molecule is CCCCN1CCC(c2cccc[n+]2O)CC1.CCCC[NH+]1CCC(c2ccccn2)CC1.CCC[N+]1(O)CCC(c2ccccn2)CC1. The third kappa shape index (κ3) is 13.1. The second-order valence-electron chi connectivity index (χ2n) is 14.6. The first-order valence-electron chi connectivity index (χ1n) is 19.6. The second kappa shape index (κ2) is 21.3. The zero-order valence-electron chi connectivity index (χ0n) is 30.9. The summed E-state index contributed by atoms with van der Waals surface area (Å²) < 4.78 is 1.55. The number of aromatic nitrogens is 3. The smallest absolute Gasteiger partial charge is 0.237 e. The molecule has 270 valence electrons. The van der Waals surface area contributed by atoms with Crippen LogP contribution in [0.1, 0.15) is 126 Å². The zero-order valence-corrected chi connectivity index (χ0v) is 30.9. The van der Waals surface area contributed by atoms with Crippen molar-refractivity contribution in [2.45, 2.75) is 109 Å². The summed E-state index contributed by atoms with van der Waals surface area (Å²) >= 11 is 0. The molecule has 0 radical (unpaired) electrons. The summed E-state index contributed by atoms with van der Waals surface area (Å²) in [6.45, 7) is 16.9. The van der Waals surface area contributed by atoms with Crippen LogP contribution in [0.15, 0.2) is 73.2 Å². The lowest BCUT2D eigenvalue weighted by atomic mass is 9.92. The van der Waals surface area contributed by atoms with E-state index in [1.54, 1.807) is 11.1 Å². The molecule has 0 unspecified atom stereocenters. The summed E-state index contributed by atoms with van der Waals surface area (Å²) in [7, 11) is 0. The number of nitrogens with zero attached hydrogens (tertiary/aromatic N) is 5. The molecular weight excluding hydrogens is 608 g/mol. The van der Waals surface area contributed by atoms with Gasteiger partial charge in [-0.2, -0.15) is 4.65 Å². The Morgan fingerprint density at radius 2 is 1.33 bits per heavy atom. The Hall–Kier alpha value is -2.91. The molecule has 49 heavy (non-hydrogen) atoms. The van der Waals surface area contributed by atoms with Gasteiger partial charge in [0.2, 0.25) is 11.9 Å². The van der Waals surface area contributed by atoms with Crippen LogP contribution < -0.4 is 9.63 Å². The Morgan fingerprint density at radius 3 is 1.86 bits per heavy atom. The molecule has 0 bridgehead atoms. The molecule has 3 aliphatic rings. The lowest BCUT2D eigenvalue weighted by Crippen LogP contribution is -3.13. The van der Waals surface area contributed by atoms with Crippen LogP contribution in [0.4, 0.5) is 0 Å². The fourth-order valence-corrected chi connectivity index (χ4v) is 7.82. The second-order valence-corrected chi connectivity index (χ2v) is 14.6. The highest BCUT2D eigenvalue weighted by Crippen LogP contribution is 2.29. The summed E-state index contributed by atoms with van der Waals surface area (Å²) in [6.07, 6.45) is 18.9. The topological polar surface area (TPSA) is 77.8 Å². The monoisotopic (exact) mass is 676 g/mol. The van der Waals surface area contributed by atoms with E-state index in [0.29, 0.717) is 17.8 Å². The summed E-state index contributed by atoms with van der Waals surface area (Å²) in [4.78, 5) is 13.2. The number of quaternary nitrogens is 2. The molecule has 8 heteroatoms. The molecule has 6 rings (SSSR count).